The molecular formula is C20H23F3N4O5. The minimum atomic E-state index is -1.72. The number of rotatable bonds is 3. The molecule has 0 spiro atoms. The Labute approximate surface area is 182 Å². The molecule has 9 nitrogen and oxygen atoms in total. The van der Waals surface area contributed by atoms with Crippen LogP contribution in [0.5, 0.6) is 0 Å². The Bertz CT molecular complexity index is 934. The summed E-state index contributed by atoms with van der Waals surface area (Å²) in [5, 5.41) is 2.30. The van der Waals surface area contributed by atoms with E-state index < -0.39 is 58.7 Å². The van der Waals surface area contributed by atoms with Crippen molar-refractivity contribution >= 4 is 29.6 Å². The fraction of sp³-hybridized carbons (Fsp3) is 0.500. The molecule has 1 N–H and O–H groups in total. The molecule has 0 unspecified atom stereocenters. The first-order valence-corrected chi connectivity index (χ1v) is 9.92. The van der Waals surface area contributed by atoms with Crippen LogP contribution in [0.3, 0.4) is 0 Å². The molecule has 2 saturated heterocycles. The minimum Gasteiger partial charge on any atom is -0.444 e. The number of amides is 5. The molecule has 2 heterocycles. The Morgan fingerprint density at radius 3 is 2.09 bits per heavy atom. The van der Waals surface area contributed by atoms with E-state index >= 15 is 0 Å². The van der Waals surface area contributed by atoms with Crippen LogP contribution in [-0.2, 0) is 14.3 Å². The van der Waals surface area contributed by atoms with E-state index in [1.165, 1.54) is 9.80 Å². The number of imide groups is 1. The Balaban J connectivity index is 1.59. The minimum absolute atomic E-state index is 0.213. The van der Waals surface area contributed by atoms with Gasteiger partial charge < -0.3 is 19.9 Å². The fourth-order valence-corrected chi connectivity index (χ4v) is 3.35. The molecule has 2 fully saturated rings. The maximum atomic E-state index is 13.5. The number of anilines is 1. The molecule has 0 bridgehead atoms. The van der Waals surface area contributed by atoms with Crippen molar-refractivity contribution in [1.82, 2.24) is 15.1 Å². The van der Waals surface area contributed by atoms with Crippen LogP contribution in [0.4, 0.5) is 28.4 Å². The van der Waals surface area contributed by atoms with Gasteiger partial charge in [-0.3, -0.25) is 9.59 Å². The van der Waals surface area contributed by atoms with Gasteiger partial charge in [-0.1, -0.05) is 0 Å². The molecule has 12 heteroatoms. The van der Waals surface area contributed by atoms with Gasteiger partial charge in [0.2, 0.25) is 5.91 Å². The second-order valence-electron chi connectivity index (χ2n) is 8.45. The predicted molar refractivity (Wildman–Crippen MR) is 105 cm³/mol. The van der Waals surface area contributed by atoms with Crippen LogP contribution in [0, 0.1) is 17.5 Å². The van der Waals surface area contributed by atoms with Crippen LogP contribution in [0.1, 0.15) is 27.2 Å². The van der Waals surface area contributed by atoms with Gasteiger partial charge in [-0.05, 0) is 20.8 Å². The summed E-state index contributed by atoms with van der Waals surface area (Å²) in [6.07, 6.45) is -0.864. The Morgan fingerprint density at radius 2 is 1.56 bits per heavy atom. The first kappa shape index (κ1) is 23.4. The highest BCUT2D eigenvalue weighted by atomic mass is 19.2. The van der Waals surface area contributed by atoms with Gasteiger partial charge >= 0.3 is 12.1 Å². The Kier molecular flexibility index (Phi) is 6.33. The van der Waals surface area contributed by atoms with Gasteiger partial charge in [-0.25, -0.2) is 27.7 Å². The number of carbonyl (C=O) groups is 4. The molecule has 174 valence electrons. The van der Waals surface area contributed by atoms with Crippen molar-refractivity contribution in [1.29, 1.82) is 0 Å². The SMILES string of the molecule is CC(C)(C)OC(=O)N1CCN(C(=O)C[C@H]2NC(=O)N(c3cc(F)c(F)c(F)c3)C2=O)CC1. The lowest BCUT2D eigenvalue weighted by Gasteiger charge is -2.35. The van der Waals surface area contributed by atoms with Crippen LogP contribution in [0.25, 0.3) is 0 Å². The molecule has 0 saturated carbocycles. The third kappa shape index (κ3) is 4.94. The summed E-state index contributed by atoms with van der Waals surface area (Å²) < 4.78 is 45.5. The molecule has 1 aromatic carbocycles. The summed E-state index contributed by atoms with van der Waals surface area (Å²) in [4.78, 5) is 52.8. The number of piperazine rings is 1. The summed E-state index contributed by atoms with van der Waals surface area (Å²) in [6.45, 7) is 6.15. The topological polar surface area (TPSA) is 99.3 Å². The summed E-state index contributed by atoms with van der Waals surface area (Å²) in [7, 11) is 0. The average molecular weight is 456 g/mol. The standard InChI is InChI=1S/C20H23F3N4O5/c1-20(2,3)32-19(31)26-6-4-25(5-7-26)15(28)10-14-17(29)27(18(30)24-14)11-8-12(21)16(23)13(22)9-11/h8-9,14H,4-7,10H2,1-3H3,(H,24,30)/t14-/m1/s1. The number of hydrogen-bond donors (Lipinski definition) is 1. The number of ether oxygens (including phenoxy) is 1. The average Bonchev–Trinajstić information content (AvgIpc) is 2.97. The fourth-order valence-electron chi connectivity index (χ4n) is 3.35. The van der Waals surface area contributed by atoms with Crippen molar-refractivity contribution in [3.05, 3.63) is 29.6 Å². The lowest BCUT2D eigenvalue weighted by Crippen LogP contribution is -2.52. The van der Waals surface area contributed by atoms with Gasteiger partial charge in [0, 0.05) is 38.3 Å². The summed E-state index contributed by atoms with van der Waals surface area (Å²) in [6, 6.07) is -1.17. The second-order valence-corrected chi connectivity index (χ2v) is 8.45. The maximum Gasteiger partial charge on any atom is 0.410 e. The Morgan fingerprint density at radius 1 is 1.03 bits per heavy atom. The largest absolute Gasteiger partial charge is 0.444 e. The zero-order chi connectivity index (χ0) is 23.8. The van der Waals surface area contributed by atoms with Crippen LogP contribution in [0.2, 0.25) is 0 Å². The van der Waals surface area contributed by atoms with Crippen molar-refractivity contribution in [2.45, 2.75) is 38.8 Å². The zero-order valence-electron chi connectivity index (χ0n) is 17.8. The van der Waals surface area contributed by atoms with E-state index in [-0.39, 0.29) is 32.6 Å². The van der Waals surface area contributed by atoms with E-state index in [1.54, 1.807) is 20.8 Å². The smallest absolute Gasteiger partial charge is 0.410 e. The van der Waals surface area contributed by atoms with Gasteiger partial charge in [0.05, 0.1) is 12.1 Å². The van der Waals surface area contributed by atoms with Gasteiger partial charge in [0.1, 0.15) is 11.6 Å². The normalized spacial score (nSPS) is 19.3. The quantitative estimate of drug-likeness (QED) is 0.554. The van der Waals surface area contributed by atoms with E-state index in [0.717, 1.165) is 0 Å². The second kappa shape index (κ2) is 8.67. The van der Waals surface area contributed by atoms with Gasteiger partial charge in [0.25, 0.3) is 5.91 Å². The van der Waals surface area contributed by atoms with Gasteiger partial charge in [-0.15, -0.1) is 0 Å². The molecule has 32 heavy (non-hydrogen) atoms. The molecule has 0 radical (unpaired) electrons. The van der Waals surface area contributed by atoms with E-state index in [1.807, 2.05) is 0 Å². The highest BCUT2D eigenvalue weighted by Gasteiger charge is 2.41. The van der Waals surface area contributed by atoms with Gasteiger partial charge in [-0.2, -0.15) is 0 Å². The number of urea groups is 1. The molecule has 5 amide bonds. The summed E-state index contributed by atoms with van der Waals surface area (Å²) >= 11 is 0. The first-order valence-electron chi connectivity index (χ1n) is 9.92. The van der Waals surface area contributed by atoms with E-state index in [4.69, 9.17) is 4.74 Å². The van der Waals surface area contributed by atoms with Crippen LogP contribution in [0.15, 0.2) is 12.1 Å². The summed E-state index contributed by atoms with van der Waals surface area (Å²) in [5.41, 5.74) is -1.13. The zero-order valence-corrected chi connectivity index (χ0v) is 17.8. The van der Waals surface area contributed by atoms with Crippen molar-refractivity contribution in [2.24, 2.45) is 0 Å². The van der Waals surface area contributed by atoms with Gasteiger partial charge in [0.15, 0.2) is 17.5 Å². The lowest BCUT2D eigenvalue weighted by molar-refractivity contribution is -0.135. The van der Waals surface area contributed by atoms with E-state index in [2.05, 4.69) is 5.32 Å². The highest BCUT2D eigenvalue weighted by molar-refractivity contribution is 6.22. The summed E-state index contributed by atoms with van der Waals surface area (Å²) in [5.74, 6) is -6.16. The molecule has 0 aliphatic carbocycles. The number of halogens is 3. The van der Waals surface area contributed by atoms with Crippen LogP contribution in [-0.4, -0.2) is 71.6 Å². The molecular weight excluding hydrogens is 433 g/mol. The molecule has 2 aliphatic heterocycles. The van der Waals surface area contributed by atoms with Crippen molar-refractivity contribution < 1.29 is 37.1 Å². The van der Waals surface area contributed by atoms with Crippen LogP contribution < -0.4 is 10.2 Å². The number of nitrogens with zero attached hydrogens (tertiary/aromatic N) is 3. The third-order valence-electron chi connectivity index (χ3n) is 4.91. The molecule has 2 aliphatic rings. The first-order chi connectivity index (χ1) is 14.9. The molecule has 1 atom stereocenters. The predicted octanol–water partition coefficient (Wildman–Crippen LogP) is 2.00. The highest BCUT2D eigenvalue weighted by Crippen LogP contribution is 2.25. The van der Waals surface area contributed by atoms with Crippen molar-refractivity contribution in [2.75, 3.05) is 31.1 Å². The monoisotopic (exact) mass is 456 g/mol. The van der Waals surface area contributed by atoms with E-state index in [9.17, 15) is 32.3 Å². The third-order valence-corrected chi connectivity index (χ3v) is 4.91. The van der Waals surface area contributed by atoms with E-state index in [0.29, 0.717) is 17.0 Å². The molecule has 3 rings (SSSR count). The number of hydrogen-bond acceptors (Lipinski definition) is 5. The Hall–Kier alpha value is -3.31. The number of nitrogens with one attached hydrogen (secondary N) is 1. The molecule has 1 aromatic rings. The van der Waals surface area contributed by atoms with Crippen molar-refractivity contribution in [3.63, 3.8) is 0 Å². The van der Waals surface area contributed by atoms with Crippen LogP contribution >= 0.6 is 0 Å². The van der Waals surface area contributed by atoms with Crippen molar-refractivity contribution in [3.8, 4) is 0 Å². The number of carbonyl (C=O) groups excluding carboxylic acids is 4. The number of benzene rings is 1. The maximum absolute atomic E-state index is 13.5. The lowest BCUT2D eigenvalue weighted by atomic mass is 10.1. The molecule has 0 aromatic heterocycles.